The number of aromatic nitrogens is 2. The van der Waals surface area contributed by atoms with Gasteiger partial charge in [0.2, 0.25) is 0 Å². The fourth-order valence-electron chi connectivity index (χ4n) is 1.81. The molecule has 2 aromatic rings. The van der Waals surface area contributed by atoms with Crippen LogP contribution in [0.1, 0.15) is 29.5 Å². The Bertz CT molecular complexity index is 565. The summed E-state index contributed by atoms with van der Waals surface area (Å²) in [4.78, 5) is 13.1. The summed E-state index contributed by atoms with van der Waals surface area (Å²) in [6, 6.07) is 9.54. The quantitative estimate of drug-likeness (QED) is 0.823. The molecule has 4 nitrogen and oxygen atoms in total. The van der Waals surface area contributed by atoms with E-state index in [-0.39, 0.29) is 5.91 Å². The average molecular weight is 275 g/mol. The van der Waals surface area contributed by atoms with Gasteiger partial charge >= 0.3 is 0 Å². The van der Waals surface area contributed by atoms with Crippen LogP contribution in [0.2, 0.25) is 0 Å². The Balaban J connectivity index is 2.11. The summed E-state index contributed by atoms with van der Waals surface area (Å²) in [5.74, 6) is -0.180. The lowest BCUT2D eigenvalue weighted by molar-refractivity contribution is 0.102. The topological polar surface area (TPSA) is 57.8 Å². The lowest BCUT2D eigenvalue weighted by Gasteiger charge is -2.07. The van der Waals surface area contributed by atoms with Crippen LogP contribution >= 0.6 is 11.8 Å². The molecular weight excluding hydrogens is 258 g/mol. The van der Waals surface area contributed by atoms with Gasteiger partial charge in [-0.3, -0.25) is 9.89 Å². The maximum Gasteiger partial charge on any atom is 0.276 e. The number of carbonyl (C=O) groups excluding carboxylic acids is 1. The number of nitrogens with zero attached hydrogens (tertiary/aromatic N) is 1. The van der Waals surface area contributed by atoms with Crippen molar-refractivity contribution in [3.8, 4) is 0 Å². The smallest absolute Gasteiger partial charge is 0.276 e. The van der Waals surface area contributed by atoms with Crippen LogP contribution in [0.4, 0.5) is 5.69 Å². The van der Waals surface area contributed by atoms with E-state index in [0.29, 0.717) is 5.69 Å². The summed E-state index contributed by atoms with van der Waals surface area (Å²) in [7, 11) is 0. The van der Waals surface area contributed by atoms with E-state index in [1.807, 2.05) is 30.5 Å². The zero-order valence-corrected chi connectivity index (χ0v) is 11.9. The molecule has 1 amide bonds. The largest absolute Gasteiger partial charge is 0.320 e. The van der Waals surface area contributed by atoms with Crippen molar-refractivity contribution in [1.82, 2.24) is 10.2 Å². The summed E-state index contributed by atoms with van der Waals surface area (Å²) in [5.41, 5.74) is 2.24. The van der Waals surface area contributed by atoms with Gasteiger partial charge < -0.3 is 5.32 Å². The van der Waals surface area contributed by atoms with Gasteiger partial charge in [0, 0.05) is 10.6 Å². The molecule has 1 aromatic carbocycles. The molecule has 2 rings (SSSR count). The van der Waals surface area contributed by atoms with E-state index in [1.54, 1.807) is 17.8 Å². The van der Waals surface area contributed by atoms with Gasteiger partial charge in [0.1, 0.15) is 0 Å². The van der Waals surface area contributed by atoms with Crippen molar-refractivity contribution in [1.29, 1.82) is 0 Å². The molecular formula is C14H17N3OS. The lowest BCUT2D eigenvalue weighted by Crippen LogP contribution is -2.12. The highest BCUT2D eigenvalue weighted by atomic mass is 32.2. The fraction of sp³-hybridized carbons (Fsp3) is 0.286. The highest BCUT2D eigenvalue weighted by molar-refractivity contribution is 7.98. The number of carbonyl (C=O) groups is 1. The molecule has 100 valence electrons. The van der Waals surface area contributed by atoms with Crippen LogP contribution in [0, 0.1) is 0 Å². The van der Waals surface area contributed by atoms with Gasteiger partial charge in [-0.2, -0.15) is 5.10 Å². The molecule has 19 heavy (non-hydrogen) atoms. The molecule has 0 atom stereocenters. The number of hydrogen-bond acceptors (Lipinski definition) is 3. The maximum absolute atomic E-state index is 12.1. The normalized spacial score (nSPS) is 10.4. The van der Waals surface area contributed by atoms with Crippen LogP contribution < -0.4 is 5.32 Å². The fourth-order valence-corrected chi connectivity index (χ4v) is 2.36. The van der Waals surface area contributed by atoms with E-state index in [2.05, 4.69) is 22.4 Å². The first-order chi connectivity index (χ1) is 9.24. The Labute approximate surface area is 117 Å². The summed E-state index contributed by atoms with van der Waals surface area (Å²) in [6.45, 7) is 2.09. The van der Waals surface area contributed by atoms with Gasteiger partial charge in [-0.25, -0.2) is 0 Å². The first kappa shape index (κ1) is 13.7. The van der Waals surface area contributed by atoms with Crippen molar-refractivity contribution in [2.24, 2.45) is 0 Å². The molecule has 0 fully saturated rings. The molecule has 1 aromatic heterocycles. The Kier molecular flexibility index (Phi) is 4.63. The maximum atomic E-state index is 12.1. The molecule has 5 heteroatoms. The third-order valence-electron chi connectivity index (χ3n) is 2.74. The monoisotopic (exact) mass is 275 g/mol. The molecule has 0 bridgehead atoms. The molecule has 0 aliphatic heterocycles. The van der Waals surface area contributed by atoms with E-state index < -0.39 is 0 Å². The van der Waals surface area contributed by atoms with Gasteiger partial charge in [-0.15, -0.1) is 11.8 Å². The van der Waals surface area contributed by atoms with Crippen LogP contribution in [0.5, 0.6) is 0 Å². The number of benzene rings is 1. The molecule has 0 unspecified atom stereocenters. The number of anilines is 1. The number of para-hydroxylation sites is 1. The summed E-state index contributed by atoms with van der Waals surface area (Å²) < 4.78 is 0. The van der Waals surface area contributed by atoms with Crippen molar-refractivity contribution >= 4 is 23.4 Å². The van der Waals surface area contributed by atoms with Gasteiger partial charge in [-0.1, -0.05) is 25.5 Å². The minimum Gasteiger partial charge on any atom is -0.320 e. The summed E-state index contributed by atoms with van der Waals surface area (Å²) in [6.07, 6.45) is 3.92. The van der Waals surface area contributed by atoms with Crippen LogP contribution in [0.3, 0.4) is 0 Å². The van der Waals surface area contributed by atoms with Crippen molar-refractivity contribution < 1.29 is 4.79 Å². The molecule has 0 saturated carbocycles. The van der Waals surface area contributed by atoms with Gasteiger partial charge in [0.25, 0.3) is 5.91 Å². The van der Waals surface area contributed by atoms with Gasteiger partial charge in [0.05, 0.1) is 5.69 Å². The second-order valence-corrected chi connectivity index (χ2v) is 5.03. The highest BCUT2D eigenvalue weighted by Crippen LogP contribution is 2.24. The van der Waals surface area contributed by atoms with Crippen LogP contribution in [0.25, 0.3) is 0 Å². The van der Waals surface area contributed by atoms with E-state index in [9.17, 15) is 4.79 Å². The number of hydrogen-bond donors (Lipinski definition) is 2. The van der Waals surface area contributed by atoms with Crippen molar-refractivity contribution in [2.75, 3.05) is 11.6 Å². The zero-order chi connectivity index (χ0) is 13.7. The molecule has 1 heterocycles. The van der Waals surface area contributed by atoms with Gasteiger partial charge in [-0.05, 0) is 30.9 Å². The molecule has 0 aliphatic rings. The first-order valence-corrected chi connectivity index (χ1v) is 7.45. The predicted molar refractivity (Wildman–Crippen MR) is 78.8 cm³/mol. The Morgan fingerprint density at radius 1 is 1.42 bits per heavy atom. The number of nitrogens with one attached hydrogen (secondary N) is 2. The standard InChI is InChI=1S/C14H17N3OS/c1-3-6-10-9-12(17-16-10)14(18)15-11-7-4-5-8-13(11)19-2/h4-5,7-9H,3,6H2,1-2H3,(H,15,18)(H,16,17). The summed E-state index contributed by atoms with van der Waals surface area (Å²) in [5, 5.41) is 9.82. The van der Waals surface area contributed by atoms with E-state index in [1.165, 1.54) is 0 Å². The molecule has 2 N–H and O–H groups in total. The molecule has 0 radical (unpaired) electrons. The summed E-state index contributed by atoms with van der Waals surface area (Å²) >= 11 is 1.60. The van der Waals surface area contributed by atoms with Crippen molar-refractivity contribution in [2.45, 2.75) is 24.7 Å². The Morgan fingerprint density at radius 3 is 2.95 bits per heavy atom. The third-order valence-corrected chi connectivity index (χ3v) is 3.53. The highest BCUT2D eigenvalue weighted by Gasteiger charge is 2.12. The van der Waals surface area contributed by atoms with E-state index in [0.717, 1.165) is 29.1 Å². The van der Waals surface area contributed by atoms with E-state index in [4.69, 9.17) is 0 Å². The number of thioether (sulfide) groups is 1. The number of H-pyrrole nitrogens is 1. The minimum absolute atomic E-state index is 0.180. The zero-order valence-electron chi connectivity index (χ0n) is 11.1. The number of amides is 1. The predicted octanol–water partition coefficient (Wildman–Crippen LogP) is 3.34. The van der Waals surface area contributed by atoms with E-state index >= 15 is 0 Å². The van der Waals surface area contributed by atoms with Crippen LogP contribution in [-0.2, 0) is 6.42 Å². The average Bonchev–Trinajstić information content (AvgIpc) is 2.88. The minimum atomic E-state index is -0.180. The van der Waals surface area contributed by atoms with Crippen molar-refractivity contribution in [3.63, 3.8) is 0 Å². The number of aromatic amines is 1. The third kappa shape index (κ3) is 3.38. The second kappa shape index (κ2) is 6.43. The van der Waals surface area contributed by atoms with Crippen LogP contribution in [-0.4, -0.2) is 22.4 Å². The molecule has 0 aliphatic carbocycles. The Morgan fingerprint density at radius 2 is 2.21 bits per heavy atom. The lowest BCUT2D eigenvalue weighted by atomic mass is 10.2. The first-order valence-electron chi connectivity index (χ1n) is 6.23. The van der Waals surface area contributed by atoms with Gasteiger partial charge in [0.15, 0.2) is 5.69 Å². The molecule has 0 spiro atoms. The SMILES string of the molecule is CCCc1cc(C(=O)Nc2ccccc2SC)n[nH]1. The van der Waals surface area contributed by atoms with Crippen molar-refractivity contribution in [3.05, 3.63) is 41.7 Å². The molecule has 0 saturated heterocycles. The number of rotatable bonds is 5. The Hall–Kier alpha value is -1.75. The second-order valence-electron chi connectivity index (χ2n) is 4.18. The van der Waals surface area contributed by atoms with Crippen LogP contribution in [0.15, 0.2) is 35.2 Å². The number of aryl methyl sites for hydroxylation is 1.